The molecule has 1 rings (SSSR count). The van der Waals surface area contributed by atoms with Gasteiger partial charge in [0.2, 0.25) is 5.91 Å². The molecule has 2 atom stereocenters. The molecule has 0 aromatic rings. The van der Waals surface area contributed by atoms with E-state index in [1.165, 1.54) is 0 Å². The topological polar surface area (TPSA) is 44.4 Å². The minimum absolute atomic E-state index is 0.176. The third kappa shape index (κ3) is 6.39. The number of carbonyl (C=O) groups excluding carboxylic acids is 1. The molecule has 1 amide bonds. The van der Waals surface area contributed by atoms with Gasteiger partial charge in [0.05, 0.1) is 6.54 Å². The molecular weight excluding hydrogens is 238 g/mol. The quantitative estimate of drug-likeness (QED) is 0.735. The van der Waals surface area contributed by atoms with Gasteiger partial charge in [0, 0.05) is 25.7 Å². The Kier molecular flexibility index (Phi) is 7.39. The molecule has 4 heteroatoms. The molecule has 0 saturated carbocycles. The first-order chi connectivity index (χ1) is 9.02. The van der Waals surface area contributed by atoms with Crippen molar-refractivity contribution in [3.05, 3.63) is 0 Å². The van der Waals surface area contributed by atoms with Crippen LogP contribution in [0.5, 0.6) is 0 Å². The number of hydrogen-bond acceptors (Lipinski definition) is 3. The number of carbonyl (C=O) groups is 1. The van der Waals surface area contributed by atoms with E-state index in [2.05, 4.69) is 43.2 Å². The Bertz CT molecular complexity index is 268. The molecule has 1 heterocycles. The SMILES string of the molecule is CCNC1CCN(CC(=O)NCCC(C)C)CC1C. The number of nitrogens with zero attached hydrogens (tertiary/aromatic N) is 1. The summed E-state index contributed by atoms with van der Waals surface area (Å²) in [6.45, 7) is 13.2. The minimum atomic E-state index is 0.176. The maximum absolute atomic E-state index is 11.8. The summed E-state index contributed by atoms with van der Waals surface area (Å²) in [4.78, 5) is 14.1. The lowest BCUT2D eigenvalue weighted by Gasteiger charge is -2.36. The highest BCUT2D eigenvalue weighted by molar-refractivity contribution is 5.77. The number of rotatable bonds is 7. The lowest BCUT2D eigenvalue weighted by Crippen LogP contribution is -2.50. The van der Waals surface area contributed by atoms with Crippen molar-refractivity contribution in [2.45, 2.75) is 46.6 Å². The molecule has 1 fully saturated rings. The summed E-state index contributed by atoms with van der Waals surface area (Å²) in [5.41, 5.74) is 0. The highest BCUT2D eigenvalue weighted by atomic mass is 16.2. The van der Waals surface area contributed by atoms with Crippen molar-refractivity contribution in [2.75, 3.05) is 32.7 Å². The second-order valence-electron chi connectivity index (χ2n) is 6.20. The molecule has 0 radical (unpaired) electrons. The van der Waals surface area contributed by atoms with Crippen LogP contribution in [0.15, 0.2) is 0 Å². The molecule has 112 valence electrons. The Hall–Kier alpha value is -0.610. The van der Waals surface area contributed by atoms with E-state index in [0.29, 0.717) is 24.4 Å². The van der Waals surface area contributed by atoms with Crippen molar-refractivity contribution in [1.82, 2.24) is 15.5 Å². The summed E-state index contributed by atoms with van der Waals surface area (Å²) < 4.78 is 0. The molecule has 2 unspecified atom stereocenters. The molecule has 0 spiro atoms. The van der Waals surface area contributed by atoms with Gasteiger partial charge in [0.25, 0.3) is 0 Å². The molecule has 0 aromatic carbocycles. The van der Waals surface area contributed by atoms with Crippen molar-refractivity contribution < 1.29 is 4.79 Å². The van der Waals surface area contributed by atoms with E-state index in [1.807, 2.05) is 0 Å². The Balaban J connectivity index is 2.21. The fourth-order valence-electron chi connectivity index (χ4n) is 2.70. The number of hydrogen-bond donors (Lipinski definition) is 2. The minimum Gasteiger partial charge on any atom is -0.355 e. The average molecular weight is 269 g/mol. The van der Waals surface area contributed by atoms with Gasteiger partial charge in [0.1, 0.15) is 0 Å². The van der Waals surface area contributed by atoms with Gasteiger partial charge >= 0.3 is 0 Å². The van der Waals surface area contributed by atoms with Crippen LogP contribution in [0.25, 0.3) is 0 Å². The maximum atomic E-state index is 11.8. The van der Waals surface area contributed by atoms with E-state index < -0.39 is 0 Å². The first-order valence-electron chi connectivity index (χ1n) is 7.75. The molecule has 4 nitrogen and oxygen atoms in total. The van der Waals surface area contributed by atoms with Gasteiger partial charge < -0.3 is 10.6 Å². The number of piperidine rings is 1. The Morgan fingerprint density at radius 1 is 1.42 bits per heavy atom. The van der Waals surface area contributed by atoms with Crippen LogP contribution in [0.2, 0.25) is 0 Å². The first kappa shape index (κ1) is 16.4. The van der Waals surface area contributed by atoms with Crippen LogP contribution in [0.4, 0.5) is 0 Å². The second kappa shape index (κ2) is 8.54. The van der Waals surface area contributed by atoms with E-state index in [9.17, 15) is 4.79 Å². The third-order valence-electron chi connectivity index (χ3n) is 3.87. The van der Waals surface area contributed by atoms with Crippen molar-refractivity contribution in [1.29, 1.82) is 0 Å². The van der Waals surface area contributed by atoms with Crippen molar-refractivity contribution >= 4 is 5.91 Å². The Morgan fingerprint density at radius 2 is 2.16 bits per heavy atom. The monoisotopic (exact) mass is 269 g/mol. The van der Waals surface area contributed by atoms with E-state index in [-0.39, 0.29) is 5.91 Å². The molecule has 0 aliphatic carbocycles. The van der Waals surface area contributed by atoms with Gasteiger partial charge in [-0.3, -0.25) is 9.69 Å². The van der Waals surface area contributed by atoms with Gasteiger partial charge in [-0.1, -0.05) is 27.7 Å². The molecular formula is C15H31N3O. The van der Waals surface area contributed by atoms with E-state index in [0.717, 1.165) is 39.0 Å². The molecule has 0 bridgehead atoms. The first-order valence-corrected chi connectivity index (χ1v) is 7.75. The van der Waals surface area contributed by atoms with Crippen LogP contribution in [-0.4, -0.2) is 49.6 Å². The van der Waals surface area contributed by atoms with Crippen LogP contribution in [0.1, 0.15) is 40.5 Å². The second-order valence-corrected chi connectivity index (χ2v) is 6.20. The van der Waals surface area contributed by atoms with Crippen LogP contribution >= 0.6 is 0 Å². The summed E-state index contributed by atoms with van der Waals surface area (Å²) in [6.07, 6.45) is 2.21. The van der Waals surface area contributed by atoms with Crippen LogP contribution in [0, 0.1) is 11.8 Å². The van der Waals surface area contributed by atoms with Crippen LogP contribution in [0.3, 0.4) is 0 Å². The average Bonchev–Trinajstić information content (AvgIpc) is 2.32. The van der Waals surface area contributed by atoms with Crippen LogP contribution in [-0.2, 0) is 4.79 Å². The fraction of sp³-hybridized carbons (Fsp3) is 0.933. The van der Waals surface area contributed by atoms with Gasteiger partial charge in [-0.2, -0.15) is 0 Å². The summed E-state index contributed by atoms with van der Waals surface area (Å²) in [7, 11) is 0. The predicted molar refractivity (Wildman–Crippen MR) is 80.2 cm³/mol. The summed E-state index contributed by atoms with van der Waals surface area (Å²) in [6, 6.07) is 0.616. The molecule has 1 aliphatic rings. The maximum Gasteiger partial charge on any atom is 0.234 e. The molecule has 2 N–H and O–H groups in total. The fourth-order valence-corrected chi connectivity index (χ4v) is 2.70. The molecule has 1 saturated heterocycles. The number of likely N-dealkylation sites (tertiary alicyclic amines) is 1. The molecule has 1 aliphatic heterocycles. The molecule has 0 aromatic heterocycles. The highest BCUT2D eigenvalue weighted by Gasteiger charge is 2.26. The normalized spacial score (nSPS) is 24.7. The lowest BCUT2D eigenvalue weighted by atomic mass is 9.94. The third-order valence-corrected chi connectivity index (χ3v) is 3.87. The summed E-state index contributed by atoms with van der Waals surface area (Å²) in [5.74, 6) is 1.45. The molecule has 19 heavy (non-hydrogen) atoms. The lowest BCUT2D eigenvalue weighted by molar-refractivity contribution is -0.122. The van der Waals surface area contributed by atoms with Crippen molar-refractivity contribution in [3.8, 4) is 0 Å². The highest BCUT2D eigenvalue weighted by Crippen LogP contribution is 2.16. The van der Waals surface area contributed by atoms with Gasteiger partial charge in [-0.05, 0) is 31.2 Å². The van der Waals surface area contributed by atoms with E-state index in [1.54, 1.807) is 0 Å². The van der Waals surface area contributed by atoms with Crippen molar-refractivity contribution in [3.63, 3.8) is 0 Å². The zero-order chi connectivity index (χ0) is 14.3. The predicted octanol–water partition coefficient (Wildman–Crippen LogP) is 1.47. The zero-order valence-corrected chi connectivity index (χ0v) is 13.0. The van der Waals surface area contributed by atoms with E-state index in [4.69, 9.17) is 0 Å². The Labute approximate surface area is 118 Å². The smallest absolute Gasteiger partial charge is 0.234 e. The number of nitrogens with one attached hydrogen (secondary N) is 2. The van der Waals surface area contributed by atoms with E-state index >= 15 is 0 Å². The Morgan fingerprint density at radius 3 is 2.74 bits per heavy atom. The van der Waals surface area contributed by atoms with Gasteiger partial charge in [-0.15, -0.1) is 0 Å². The van der Waals surface area contributed by atoms with Gasteiger partial charge in [-0.25, -0.2) is 0 Å². The standard InChI is InChI=1S/C15H31N3O/c1-5-16-14-7-9-18(10-13(14)4)11-15(19)17-8-6-12(2)3/h12-14,16H,5-11H2,1-4H3,(H,17,19). The summed E-state index contributed by atoms with van der Waals surface area (Å²) >= 11 is 0. The summed E-state index contributed by atoms with van der Waals surface area (Å²) in [5, 5.41) is 6.54. The largest absolute Gasteiger partial charge is 0.355 e. The van der Waals surface area contributed by atoms with Gasteiger partial charge in [0.15, 0.2) is 0 Å². The van der Waals surface area contributed by atoms with Crippen molar-refractivity contribution in [2.24, 2.45) is 11.8 Å². The zero-order valence-electron chi connectivity index (χ0n) is 13.0. The van der Waals surface area contributed by atoms with Crippen LogP contribution < -0.4 is 10.6 Å². The number of amides is 1.